The number of anilines is 1. The molecule has 0 atom stereocenters. The van der Waals surface area contributed by atoms with Crippen LogP contribution in [0, 0.1) is 0 Å². The zero-order valence-corrected chi connectivity index (χ0v) is 14.3. The summed E-state index contributed by atoms with van der Waals surface area (Å²) in [5, 5.41) is 4.65. The monoisotopic (exact) mass is 339 g/mol. The van der Waals surface area contributed by atoms with Gasteiger partial charge in [-0.15, -0.1) is 0 Å². The summed E-state index contributed by atoms with van der Waals surface area (Å²) in [6, 6.07) is 11.2. The van der Waals surface area contributed by atoms with E-state index in [9.17, 15) is 0 Å². The molecule has 0 aromatic heterocycles. The van der Waals surface area contributed by atoms with Gasteiger partial charge in [-0.2, -0.15) is 0 Å². The highest BCUT2D eigenvalue weighted by Crippen LogP contribution is 2.34. The predicted molar refractivity (Wildman–Crippen MR) is 92.5 cm³/mol. The molecule has 0 radical (unpaired) electrons. The molecule has 0 bridgehead atoms. The third-order valence-corrected chi connectivity index (χ3v) is 3.63. The van der Waals surface area contributed by atoms with Crippen LogP contribution in [0.4, 0.5) is 5.69 Å². The van der Waals surface area contributed by atoms with Gasteiger partial charge in [-0.1, -0.05) is 23.2 Å². The molecular weight excluding hydrogens is 321 g/mol. The van der Waals surface area contributed by atoms with E-state index in [0.29, 0.717) is 28.1 Å². The number of hydrogen-bond acceptors (Lipinski definition) is 3. The number of nitrogens with one attached hydrogen (secondary N) is 1. The van der Waals surface area contributed by atoms with Crippen molar-refractivity contribution in [1.82, 2.24) is 0 Å². The zero-order valence-electron chi connectivity index (χ0n) is 12.8. The van der Waals surface area contributed by atoms with Gasteiger partial charge in [0.15, 0.2) is 11.5 Å². The highest BCUT2D eigenvalue weighted by atomic mass is 35.5. The molecule has 22 heavy (non-hydrogen) atoms. The topological polar surface area (TPSA) is 30.5 Å². The van der Waals surface area contributed by atoms with Crippen molar-refractivity contribution in [2.24, 2.45) is 0 Å². The molecule has 0 aliphatic carbocycles. The number of halogens is 2. The van der Waals surface area contributed by atoms with Gasteiger partial charge in [-0.25, -0.2) is 0 Å². The molecule has 3 nitrogen and oxygen atoms in total. The van der Waals surface area contributed by atoms with E-state index in [1.807, 2.05) is 44.2 Å². The molecule has 2 aromatic carbocycles. The van der Waals surface area contributed by atoms with Crippen molar-refractivity contribution in [2.45, 2.75) is 26.5 Å². The summed E-state index contributed by atoms with van der Waals surface area (Å²) >= 11 is 12.2. The highest BCUT2D eigenvalue weighted by molar-refractivity contribution is 6.31. The Hall–Kier alpha value is -1.58. The van der Waals surface area contributed by atoms with Crippen LogP contribution < -0.4 is 14.8 Å². The van der Waals surface area contributed by atoms with E-state index in [4.69, 9.17) is 32.7 Å². The number of hydrogen-bond donors (Lipinski definition) is 1. The Morgan fingerprint density at radius 1 is 1.05 bits per heavy atom. The largest absolute Gasteiger partial charge is 0.493 e. The van der Waals surface area contributed by atoms with Crippen molar-refractivity contribution in [2.75, 3.05) is 12.4 Å². The second-order valence-corrected chi connectivity index (χ2v) is 5.97. The third-order valence-electron chi connectivity index (χ3n) is 3.02. The molecule has 118 valence electrons. The van der Waals surface area contributed by atoms with Gasteiger partial charge in [0, 0.05) is 28.3 Å². The Labute approximate surface area is 141 Å². The first-order valence-corrected chi connectivity index (χ1v) is 7.77. The average Bonchev–Trinajstić information content (AvgIpc) is 2.47. The Bertz CT molecular complexity index is 627. The first-order chi connectivity index (χ1) is 10.5. The molecular formula is C17H19Cl2NO2. The van der Waals surface area contributed by atoms with Crippen molar-refractivity contribution < 1.29 is 9.47 Å². The van der Waals surface area contributed by atoms with Crippen molar-refractivity contribution >= 4 is 28.9 Å². The molecule has 1 N–H and O–H groups in total. The van der Waals surface area contributed by atoms with Crippen LogP contribution in [0.2, 0.25) is 10.0 Å². The Kier molecular flexibility index (Phi) is 5.81. The summed E-state index contributed by atoms with van der Waals surface area (Å²) in [4.78, 5) is 0. The second-order valence-electron chi connectivity index (χ2n) is 5.12. The van der Waals surface area contributed by atoms with Crippen LogP contribution in [0.1, 0.15) is 19.4 Å². The van der Waals surface area contributed by atoms with Crippen LogP contribution in [0.5, 0.6) is 11.5 Å². The van der Waals surface area contributed by atoms with Crippen LogP contribution in [-0.2, 0) is 6.54 Å². The lowest BCUT2D eigenvalue weighted by Gasteiger charge is -2.16. The van der Waals surface area contributed by atoms with Gasteiger partial charge in [0.25, 0.3) is 0 Å². The second kappa shape index (κ2) is 7.61. The van der Waals surface area contributed by atoms with E-state index in [1.54, 1.807) is 13.2 Å². The van der Waals surface area contributed by atoms with Gasteiger partial charge in [-0.3, -0.25) is 0 Å². The smallest absolute Gasteiger partial charge is 0.163 e. The molecule has 0 unspecified atom stereocenters. The normalized spacial score (nSPS) is 10.6. The lowest BCUT2D eigenvalue weighted by atomic mass is 10.2. The molecule has 0 fully saturated rings. The standard InChI is InChI=1S/C17H19Cl2NO2/c1-11(2)22-17-9-15(19)12(8-16(17)21-3)10-20-14-6-4-13(18)5-7-14/h4-9,11,20H,10H2,1-3H3. The lowest BCUT2D eigenvalue weighted by molar-refractivity contribution is 0.230. The van der Waals surface area contributed by atoms with Gasteiger partial charge < -0.3 is 14.8 Å². The highest BCUT2D eigenvalue weighted by Gasteiger charge is 2.11. The van der Waals surface area contributed by atoms with Crippen LogP contribution >= 0.6 is 23.2 Å². The van der Waals surface area contributed by atoms with Crippen LogP contribution in [0.25, 0.3) is 0 Å². The minimum Gasteiger partial charge on any atom is -0.493 e. The summed E-state index contributed by atoms with van der Waals surface area (Å²) in [6.07, 6.45) is 0.0583. The van der Waals surface area contributed by atoms with E-state index in [-0.39, 0.29) is 6.10 Å². The molecule has 2 rings (SSSR count). The quantitative estimate of drug-likeness (QED) is 0.764. The van der Waals surface area contributed by atoms with E-state index in [1.165, 1.54) is 0 Å². The zero-order chi connectivity index (χ0) is 16.1. The van der Waals surface area contributed by atoms with Gasteiger partial charge in [0.2, 0.25) is 0 Å². The maximum absolute atomic E-state index is 6.34. The molecule has 0 amide bonds. The summed E-state index contributed by atoms with van der Waals surface area (Å²) < 4.78 is 11.1. The first kappa shape index (κ1) is 16.8. The molecule has 0 heterocycles. The molecule has 5 heteroatoms. The van der Waals surface area contributed by atoms with Gasteiger partial charge in [-0.05, 0) is 49.7 Å². The molecule has 0 saturated heterocycles. The number of ether oxygens (including phenoxy) is 2. The van der Waals surface area contributed by atoms with Crippen molar-refractivity contribution in [3.8, 4) is 11.5 Å². The van der Waals surface area contributed by atoms with Gasteiger partial charge in [0.05, 0.1) is 13.2 Å². The third kappa shape index (κ3) is 4.46. The molecule has 0 aliphatic heterocycles. The fraction of sp³-hybridized carbons (Fsp3) is 0.294. The maximum Gasteiger partial charge on any atom is 0.163 e. The predicted octanol–water partition coefficient (Wildman–Crippen LogP) is 5.40. The molecule has 0 aliphatic rings. The average molecular weight is 340 g/mol. The number of methoxy groups -OCH3 is 1. The minimum absolute atomic E-state index is 0.0583. The Morgan fingerprint density at radius 3 is 2.32 bits per heavy atom. The van der Waals surface area contributed by atoms with Crippen LogP contribution in [-0.4, -0.2) is 13.2 Å². The van der Waals surface area contributed by atoms with Crippen LogP contribution in [0.3, 0.4) is 0 Å². The van der Waals surface area contributed by atoms with Crippen molar-refractivity contribution in [1.29, 1.82) is 0 Å². The minimum atomic E-state index is 0.0583. The Morgan fingerprint density at radius 2 is 1.73 bits per heavy atom. The fourth-order valence-corrected chi connectivity index (χ4v) is 2.33. The van der Waals surface area contributed by atoms with E-state index in [0.717, 1.165) is 11.3 Å². The fourth-order valence-electron chi connectivity index (χ4n) is 1.98. The molecule has 0 spiro atoms. The summed E-state index contributed by atoms with van der Waals surface area (Å²) in [5.41, 5.74) is 1.91. The van der Waals surface area contributed by atoms with Gasteiger partial charge >= 0.3 is 0 Å². The summed E-state index contributed by atoms with van der Waals surface area (Å²) in [6.45, 7) is 4.51. The van der Waals surface area contributed by atoms with E-state index >= 15 is 0 Å². The first-order valence-electron chi connectivity index (χ1n) is 7.02. The number of benzene rings is 2. The maximum atomic E-state index is 6.34. The van der Waals surface area contributed by atoms with Gasteiger partial charge in [0.1, 0.15) is 0 Å². The summed E-state index contributed by atoms with van der Waals surface area (Å²) in [5.74, 6) is 1.32. The number of rotatable bonds is 6. The SMILES string of the molecule is COc1cc(CNc2ccc(Cl)cc2)c(Cl)cc1OC(C)C. The van der Waals surface area contributed by atoms with Crippen LogP contribution in [0.15, 0.2) is 36.4 Å². The van der Waals surface area contributed by atoms with Crippen molar-refractivity contribution in [3.05, 3.63) is 52.0 Å². The lowest BCUT2D eigenvalue weighted by Crippen LogP contribution is -2.08. The molecule has 0 saturated carbocycles. The van der Waals surface area contributed by atoms with Crippen molar-refractivity contribution in [3.63, 3.8) is 0 Å². The Balaban J connectivity index is 2.15. The van der Waals surface area contributed by atoms with E-state index < -0.39 is 0 Å². The van der Waals surface area contributed by atoms with E-state index in [2.05, 4.69) is 5.32 Å². The summed E-state index contributed by atoms with van der Waals surface area (Å²) in [7, 11) is 1.62. The molecule has 2 aromatic rings.